The Hall–Kier alpha value is -1.89. The van der Waals surface area contributed by atoms with Gasteiger partial charge in [-0.2, -0.15) is 18.3 Å². The fraction of sp³-hybridized carbons (Fsp3) is 0.200. The van der Waals surface area contributed by atoms with Crippen LogP contribution in [0.3, 0.4) is 0 Å². The number of pyridine rings is 1. The van der Waals surface area contributed by atoms with E-state index in [4.69, 9.17) is 0 Å². The molecule has 22 heavy (non-hydrogen) atoms. The summed E-state index contributed by atoms with van der Waals surface area (Å²) < 4.78 is 42.3. The Kier molecular flexibility index (Phi) is 3.68. The maximum Gasteiger partial charge on any atom is 0.417 e. The molecule has 0 radical (unpaired) electrons. The highest BCUT2D eigenvalue weighted by Crippen LogP contribution is 2.36. The lowest BCUT2D eigenvalue weighted by Crippen LogP contribution is -2.07. The maximum absolute atomic E-state index is 13.3. The third-order valence-corrected chi connectivity index (χ3v) is 3.88. The molecule has 0 saturated carbocycles. The van der Waals surface area contributed by atoms with Gasteiger partial charge in [0.25, 0.3) is 0 Å². The summed E-state index contributed by atoms with van der Waals surface area (Å²) >= 11 is 3.31. The van der Waals surface area contributed by atoms with E-state index in [9.17, 15) is 13.2 Å². The molecule has 2 heterocycles. The Bertz CT molecular complexity index is 822. The van der Waals surface area contributed by atoms with Crippen LogP contribution in [0.25, 0.3) is 22.3 Å². The number of alkyl halides is 3. The molecule has 0 spiro atoms. The number of fused-ring (bicyclic) bond motifs is 1. The van der Waals surface area contributed by atoms with Crippen molar-refractivity contribution < 1.29 is 13.2 Å². The number of halogens is 4. The number of aryl methyl sites for hydroxylation is 1. The molecule has 0 amide bonds. The van der Waals surface area contributed by atoms with Crippen molar-refractivity contribution in [3.05, 3.63) is 46.6 Å². The van der Waals surface area contributed by atoms with E-state index >= 15 is 0 Å². The molecule has 0 unspecified atom stereocenters. The van der Waals surface area contributed by atoms with E-state index in [0.29, 0.717) is 12.1 Å². The van der Waals surface area contributed by atoms with Gasteiger partial charge in [-0.25, -0.2) is 9.67 Å². The van der Waals surface area contributed by atoms with Crippen LogP contribution in [0.4, 0.5) is 13.2 Å². The van der Waals surface area contributed by atoms with Crippen LogP contribution in [0, 0.1) is 0 Å². The number of hydrogen-bond acceptors (Lipinski definition) is 2. The summed E-state index contributed by atoms with van der Waals surface area (Å²) in [5.74, 6) is 0. The summed E-state index contributed by atoms with van der Waals surface area (Å²) in [6.07, 6.45) is -3.23. The van der Waals surface area contributed by atoms with E-state index < -0.39 is 11.7 Å². The van der Waals surface area contributed by atoms with Crippen molar-refractivity contribution in [2.45, 2.75) is 19.6 Å². The van der Waals surface area contributed by atoms with Gasteiger partial charge in [0.05, 0.1) is 22.8 Å². The standard InChI is InChI=1S/C15H11BrF3N3/c1-2-22-14-11(8-20-22)12(15(17,18)19)7-13(21-14)9-3-5-10(16)6-4-9/h3-8H,2H2,1H3. The van der Waals surface area contributed by atoms with E-state index in [1.807, 2.05) is 6.92 Å². The van der Waals surface area contributed by atoms with Crippen LogP contribution >= 0.6 is 15.9 Å². The second-order valence-corrected chi connectivity index (χ2v) is 5.67. The Balaban J connectivity index is 2.29. The normalized spacial score (nSPS) is 12.0. The molecule has 0 saturated heterocycles. The highest BCUT2D eigenvalue weighted by molar-refractivity contribution is 9.10. The Labute approximate surface area is 132 Å². The van der Waals surface area contributed by atoms with E-state index in [0.717, 1.165) is 10.5 Å². The van der Waals surface area contributed by atoms with Gasteiger partial charge in [-0.3, -0.25) is 0 Å². The first kappa shape index (κ1) is 15.0. The van der Waals surface area contributed by atoms with Crippen molar-refractivity contribution in [2.75, 3.05) is 0 Å². The second-order valence-electron chi connectivity index (χ2n) is 4.76. The summed E-state index contributed by atoms with van der Waals surface area (Å²) in [6.45, 7) is 2.27. The molecular weight excluding hydrogens is 359 g/mol. The van der Waals surface area contributed by atoms with E-state index in [1.165, 1.54) is 10.9 Å². The van der Waals surface area contributed by atoms with Crippen LogP contribution < -0.4 is 0 Å². The zero-order valence-electron chi connectivity index (χ0n) is 11.5. The molecule has 2 aromatic heterocycles. The monoisotopic (exact) mass is 369 g/mol. The van der Waals surface area contributed by atoms with Crippen molar-refractivity contribution in [2.24, 2.45) is 0 Å². The Morgan fingerprint density at radius 3 is 2.45 bits per heavy atom. The van der Waals surface area contributed by atoms with Crippen molar-refractivity contribution in [3.63, 3.8) is 0 Å². The fourth-order valence-electron chi connectivity index (χ4n) is 2.28. The zero-order valence-corrected chi connectivity index (χ0v) is 13.1. The van der Waals surface area contributed by atoms with Crippen molar-refractivity contribution in [3.8, 4) is 11.3 Å². The lowest BCUT2D eigenvalue weighted by atomic mass is 10.1. The third kappa shape index (κ3) is 2.61. The summed E-state index contributed by atoms with van der Waals surface area (Å²) in [6, 6.07) is 8.07. The van der Waals surface area contributed by atoms with Crippen LogP contribution in [0.1, 0.15) is 12.5 Å². The fourth-order valence-corrected chi connectivity index (χ4v) is 2.55. The lowest BCUT2D eigenvalue weighted by Gasteiger charge is -2.11. The second kappa shape index (κ2) is 5.39. The number of nitrogens with zero attached hydrogens (tertiary/aromatic N) is 3. The van der Waals surface area contributed by atoms with E-state index in [1.54, 1.807) is 24.3 Å². The van der Waals surface area contributed by atoms with Gasteiger partial charge in [0, 0.05) is 16.6 Å². The van der Waals surface area contributed by atoms with Crippen molar-refractivity contribution >= 4 is 27.0 Å². The summed E-state index contributed by atoms with van der Waals surface area (Å²) in [5.41, 5.74) is 0.437. The molecular formula is C15H11BrF3N3. The molecule has 0 aliphatic carbocycles. The van der Waals surface area contributed by atoms with Gasteiger partial charge in [-0.1, -0.05) is 28.1 Å². The molecule has 1 aromatic carbocycles. The van der Waals surface area contributed by atoms with Gasteiger partial charge in [0.2, 0.25) is 0 Å². The quantitative estimate of drug-likeness (QED) is 0.643. The lowest BCUT2D eigenvalue weighted by molar-refractivity contribution is -0.136. The van der Waals surface area contributed by atoms with Crippen molar-refractivity contribution in [1.82, 2.24) is 14.8 Å². The minimum absolute atomic E-state index is 0.0233. The van der Waals surface area contributed by atoms with Gasteiger partial charge < -0.3 is 0 Å². The predicted octanol–water partition coefficient (Wildman–Crippen LogP) is 4.90. The van der Waals surface area contributed by atoms with Gasteiger partial charge in [-0.05, 0) is 25.1 Å². The first-order valence-electron chi connectivity index (χ1n) is 6.60. The van der Waals surface area contributed by atoms with Crippen LogP contribution in [0.5, 0.6) is 0 Å². The molecule has 3 rings (SSSR count). The largest absolute Gasteiger partial charge is 0.417 e. The van der Waals surface area contributed by atoms with Gasteiger partial charge in [-0.15, -0.1) is 0 Å². The number of rotatable bonds is 2. The molecule has 0 fully saturated rings. The number of hydrogen-bond donors (Lipinski definition) is 0. The molecule has 0 aliphatic rings. The minimum atomic E-state index is -4.45. The molecule has 3 aromatic rings. The third-order valence-electron chi connectivity index (χ3n) is 3.35. The van der Waals surface area contributed by atoms with Gasteiger partial charge in [0.1, 0.15) is 0 Å². The average Bonchev–Trinajstić information content (AvgIpc) is 2.88. The average molecular weight is 370 g/mol. The van der Waals surface area contributed by atoms with Crippen LogP contribution in [0.15, 0.2) is 41.0 Å². The zero-order chi connectivity index (χ0) is 15.9. The highest BCUT2D eigenvalue weighted by Gasteiger charge is 2.34. The van der Waals surface area contributed by atoms with Crippen LogP contribution in [-0.4, -0.2) is 14.8 Å². The van der Waals surface area contributed by atoms with Crippen molar-refractivity contribution in [1.29, 1.82) is 0 Å². The van der Waals surface area contributed by atoms with Gasteiger partial charge in [0.15, 0.2) is 5.65 Å². The SMILES string of the molecule is CCn1ncc2c(C(F)(F)F)cc(-c3ccc(Br)cc3)nc21. The molecule has 0 bridgehead atoms. The minimum Gasteiger partial charge on any atom is -0.248 e. The molecule has 114 valence electrons. The number of aromatic nitrogens is 3. The van der Waals surface area contributed by atoms with E-state index in [2.05, 4.69) is 26.0 Å². The smallest absolute Gasteiger partial charge is 0.248 e. The summed E-state index contributed by atoms with van der Waals surface area (Å²) in [7, 11) is 0. The van der Waals surface area contributed by atoms with Crippen LogP contribution in [0.2, 0.25) is 0 Å². The number of benzene rings is 1. The molecule has 3 nitrogen and oxygen atoms in total. The Morgan fingerprint density at radius 1 is 1.18 bits per heavy atom. The predicted molar refractivity (Wildman–Crippen MR) is 81.3 cm³/mol. The van der Waals surface area contributed by atoms with E-state index in [-0.39, 0.29) is 16.7 Å². The summed E-state index contributed by atoms with van der Waals surface area (Å²) in [4.78, 5) is 4.37. The maximum atomic E-state index is 13.3. The first-order chi connectivity index (χ1) is 10.4. The molecule has 7 heteroatoms. The Morgan fingerprint density at radius 2 is 1.86 bits per heavy atom. The van der Waals surface area contributed by atoms with Gasteiger partial charge >= 0.3 is 6.18 Å². The highest BCUT2D eigenvalue weighted by atomic mass is 79.9. The first-order valence-corrected chi connectivity index (χ1v) is 7.39. The molecule has 0 atom stereocenters. The molecule has 0 aliphatic heterocycles. The molecule has 0 N–H and O–H groups in total. The topological polar surface area (TPSA) is 30.7 Å². The summed E-state index contributed by atoms with van der Waals surface area (Å²) in [5, 5.41) is 4.01. The van der Waals surface area contributed by atoms with Crippen LogP contribution in [-0.2, 0) is 12.7 Å².